The molecule has 0 spiro atoms. The van der Waals surface area contributed by atoms with Crippen molar-refractivity contribution in [1.82, 2.24) is 4.90 Å². The van der Waals surface area contributed by atoms with Crippen LogP contribution in [0.2, 0.25) is 5.02 Å². The lowest BCUT2D eigenvalue weighted by Crippen LogP contribution is -2.46. The summed E-state index contributed by atoms with van der Waals surface area (Å²) in [5.41, 5.74) is 4.07. The van der Waals surface area contributed by atoms with Crippen molar-refractivity contribution in [2.45, 2.75) is 19.0 Å². The van der Waals surface area contributed by atoms with Crippen LogP contribution in [0, 0.1) is 18.8 Å². The molecule has 6 nitrogen and oxygen atoms in total. The predicted octanol–water partition coefficient (Wildman–Crippen LogP) is 4.80. The molecule has 6 rings (SSSR count). The molecule has 0 unspecified atom stereocenters. The zero-order chi connectivity index (χ0) is 24.3. The van der Waals surface area contributed by atoms with Gasteiger partial charge in [0, 0.05) is 16.9 Å². The molecule has 0 bridgehead atoms. The van der Waals surface area contributed by atoms with E-state index in [1.165, 1.54) is 4.90 Å². The number of fused-ring (bicyclic) bond motifs is 5. The number of benzene rings is 3. The third kappa shape index (κ3) is 3.36. The molecular formula is C28H22ClN3O3. The quantitative estimate of drug-likeness (QED) is 0.543. The van der Waals surface area contributed by atoms with E-state index < -0.39 is 23.9 Å². The minimum atomic E-state index is -0.836. The molecule has 0 radical (unpaired) electrons. The highest BCUT2D eigenvalue weighted by Crippen LogP contribution is 2.53. The van der Waals surface area contributed by atoms with Crippen LogP contribution in [0.4, 0.5) is 11.4 Å². The lowest BCUT2D eigenvalue weighted by Gasteiger charge is -2.35. The van der Waals surface area contributed by atoms with E-state index in [1.54, 1.807) is 36.4 Å². The van der Waals surface area contributed by atoms with Crippen LogP contribution in [0.3, 0.4) is 0 Å². The molecule has 2 fully saturated rings. The molecule has 3 aliphatic heterocycles. The van der Waals surface area contributed by atoms with Crippen LogP contribution in [0.25, 0.3) is 6.08 Å². The number of imide groups is 1. The molecule has 0 aromatic heterocycles. The summed E-state index contributed by atoms with van der Waals surface area (Å²) in [5.74, 6) is -2.43. The highest BCUT2D eigenvalue weighted by atomic mass is 35.5. The van der Waals surface area contributed by atoms with Crippen molar-refractivity contribution >= 4 is 46.8 Å². The highest BCUT2D eigenvalue weighted by Gasteiger charge is 2.64. The Morgan fingerprint density at radius 3 is 2.31 bits per heavy atom. The maximum atomic E-state index is 13.8. The number of halogens is 1. The fourth-order valence-electron chi connectivity index (χ4n) is 5.55. The molecular weight excluding hydrogens is 462 g/mol. The Labute approximate surface area is 207 Å². The Morgan fingerprint density at radius 1 is 0.886 bits per heavy atom. The van der Waals surface area contributed by atoms with Crippen LogP contribution >= 0.6 is 11.6 Å². The third-order valence-electron chi connectivity index (χ3n) is 7.13. The number of nitrogens with zero attached hydrogens (tertiary/aromatic N) is 2. The van der Waals surface area contributed by atoms with Gasteiger partial charge in [0.2, 0.25) is 17.7 Å². The summed E-state index contributed by atoms with van der Waals surface area (Å²) in [6.07, 6.45) is 3.77. The number of carbonyl (C=O) groups excluding carboxylic acids is 3. The molecule has 3 heterocycles. The number of anilines is 2. The highest BCUT2D eigenvalue weighted by molar-refractivity contribution is 6.30. The smallest absolute Gasteiger partial charge is 0.247 e. The van der Waals surface area contributed by atoms with E-state index in [0.717, 1.165) is 16.7 Å². The van der Waals surface area contributed by atoms with Gasteiger partial charge in [-0.1, -0.05) is 53.6 Å². The molecule has 3 aliphatic rings. The summed E-state index contributed by atoms with van der Waals surface area (Å²) >= 11 is 5.99. The van der Waals surface area contributed by atoms with Crippen molar-refractivity contribution in [1.29, 1.82) is 0 Å². The van der Waals surface area contributed by atoms with E-state index in [4.69, 9.17) is 11.6 Å². The van der Waals surface area contributed by atoms with E-state index in [0.29, 0.717) is 16.4 Å². The Hall–Kier alpha value is -3.90. The van der Waals surface area contributed by atoms with E-state index in [-0.39, 0.29) is 17.7 Å². The first-order valence-corrected chi connectivity index (χ1v) is 11.9. The molecule has 2 saturated heterocycles. The number of nitrogens with one attached hydrogen (secondary N) is 1. The number of hydrogen-bond donors (Lipinski definition) is 1. The van der Waals surface area contributed by atoms with Gasteiger partial charge in [-0.15, -0.1) is 0 Å². The molecule has 0 saturated carbocycles. The summed E-state index contributed by atoms with van der Waals surface area (Å²) in [6.45, 7) is 1.95. The van der Waals surface area contributed by atoms with Gasteiger partial charge >= 0.3 is 0 Å². The van der Waals surface area contributed by atoms with Gasteiger partial charge in [-0.3, -0.25) is 14.4 Å². The molecule has 35 heavy (non-hydrogen) atoms. The zero-order valence-corrected chi connectivity index (χ0v) is 19.6. The number of amides is 3. The normalized spacial score (nSPS) is 24.3. The van der Waals surface area contributed by atoms with Crippen LogP contribution in [-0.2, 0) is 14.4 Å². The summed E-state index contributed by atoms with van der Waals surface area (Å²) in [5, 5.41) is 3.48. The van der Waals surface area contributed by atoms with Gasteiger partial charge < -0.3 is 10.2 Å². The number of rotatable bonds is 3. The van der Waals surface area contributed by atoms with Gasteiger partial charge in [0.25, 0.3) is 0 Å². The van der Waals surface area contributed by atoms with Crippen molar-refractivity contribution in [3.63, 3.8) is 0 Å². The first-order valence-electron chi connectivity index (χ1n) is 11.5. The minimum Gasteiger partial charge on any atom is -0.357 e. The van der Waals surface area contributed by atoms with E-state index in [1.807, 2.05) is 60.5 Å². The van der Waals surface area contributed by atoms with Crippen molar-refractivity contribution in [2.24, 2.45) is 11.8 Å². The Kier molecular flexibility index (Phi) is 5.00. The molecule has 4 atom stereocenters. The lowest BCUT2D eigenvalue weighted by molar-refractivity contribution is -0.128. The molecule has 7 heteroatoms. The number of hydrogen-bond acceptors (Lipinski definition) is 4. The number of carbonyl (C=O) groups is 3. The summed E-state index contributed by atoms with van der Waals surface area (Å²) in [4.78, 5) is 44.4. The molecule has 3 amide bonds. The monoisotopic (exact) mass is 483 g/mol. The standard InChI is InChI=1S/C28H22ClN3O3/c1-16-6-12-20(13-7-16)32-27(34)22-23(28(32)35)25(26(33)30-19-10-8-18(29)9-11-19)31-15-14-17-4-2-3-5-21(17)24(22)31/h2-15,22-25H,1H3,(H,30,33)/t22-,23+,24+,25-/m0/s1. The maximum absolute atomic E-state index is 13.8. The zero-order valence-electron chi connectivity index (χ0n) is 18.9. The van der Waals surface area contributed by atoms with Gasteiger partial charge in [-0.05, 0) is 60.5 Å². The second-order valence-corrected chi connectivity index (χ2v) is 9.61. The Balaban J connectivity index is 1.43. The second kappa shape index (κ2) is 8.10. The largest absolute Gasteiger partial charge is 0.357 e. The molecule has 1 N–H and O–H groups in total. The minimum absolute atomic E-state index is 0.272. The molecule has 0 aliphatic carbocycles. The molecule has 3 aromatic rings. The lowest BCUT2D eigenvalue weighted by atomic mass is 9.84. The van der Waals surface area contributed by atoms with E-state index in [9.17, 15) is 14.4 Å². The maximum Gasteiger partial charge on any atom is 0.247 e. The van der Waals surface area contributed by atoms with Gasteiger partial charge in [-0.25, -0.2) is 4.90 Å². The first kappa shape index (κ1) is 21.6. The van der Waals surface area contributed by atoms with Crippen LogP contribution in [0.1, 0.15) is 22.7 Å². The van der Waals surface area contributed by atoms with Gasteiger partial charge in [0.1, 0.15) is 6.04 Å². The summed E-state index contributed by atoms with van der Waals surface area (Å²) in [7, 11) is 0. The summed E-state index contributed by atoms with van der Waals surface area (Å²) in [6, 6.07) is 20.7. The third-order valence-corrected chi connectivity index (χ3v) is 7.39. The average Bonchev–Trinajstić information content (AvgIpc) is 3.34. The van der Waals surface area contributed by atoms with Crippen molar-refractivity contribution in [3.05, 3.63) is 101 Å². The fraction of sp³-hybridized carbons (Fsp3) is 0.179. The van der Waals surface area contributed by atoms with Crippen LogP contribution in [-0.4, -0.2) is 28.7 Å². The van der Waals surface area contributed by atoms with Gasteiger partial charge in [0.05, 0.1) is 23.6 Å². The van der Waals surface area contributed by atoms with E-state index >= 15 is 0 Å². The Morgan fingerprint density at radius 2 is 1.57 bits per heavy atom. The topological polar surface area (TPSA) is 69.7 Å². The van der Waals surface area contributed by atoms with E-state index in [2.05, 4.69) is 5.32 Å². The van der Waals surface area contributed by atoms with Crippen LogP contribution < -0.4 is 10.2 Å². The molecule has 3 aromatic carbocycles. The van der Waals surface area contributed by atoms with Crippen molar-refractivity contribution in [3.8, 4) is 0 Å². The number of aryl methyl sites for hydroxylation is 1. The second-order valence-electron chi connectivity index (χ2n) is 9.18. The predicted molar refractivity (Wildman–Crippen MR) is 135 cm³/mol. The summed E-state index contributed by atoms with van der Waals surface area (Å²) < 4.78 is 0. The van der Waals surface area contributed by atoms with Gasteiger partial charge in [0.15, 0.2) is 0 Å². The Bertz CT molecular complexity index is 1380. The van der Waals surface area contributed by atoms with Crippen LogP contribution in [0.15, 0.2) is 79.0 Å². The van der Waals surface area contributed by atoms with Crippen molar-refractivity contribution < 1.29 is 14.4 Å². The first-order chi connectivity index (χ1) is 16.9. The van der Waals surface area contributed by atoms with Gasteiger partial charge in [-0.2, -0.15) is 0 Å². The van der Waals surface area contributed by atoms with Crippen molar-refractivity contribution in [2.75, 3.05) is 10.2 Å². The van der Waals surface area contributed by atoms with Crippen LogP contribution in [0.5, 0.6) is 0 Å². The molecule has 174 valence electrons. The SMILES string of the molecule is Cc1ccc(N2C(=O)[C@@H]3[C@H](C2=O)[C@H]2c4ccccc4C=CN2[C@@H]3C(=O)Nc2ccc(Cl)cc2)cc1. The fourth-order valence-corrected chi connectivity index (χ4v) is 5.68. The average molecular weight is 484 g/mol.